The van der Waals surface area contributed by atoms with Gasteiger partial charge < -0.3 is 15.0 Å². The van der Waals surface area contributed by atoms with Crippen LogP contribution in [0.1, 0.15) is 89.3 Å². The number of nitrogens with zero attached hydrogens (tertiary/aromatic N) is 1. The summed E-state index contributed by atoms with van der Waals surface area (Å²) in [4.78, 5) is 42.9. The molecular weight excluding hydrogens is 524 g/mol. The predicted octanol–water partition coefficient (Wildman–Crippen LogP) is 7.42. The molecule has 0 bridgehead atoms. The third-order valence-electron chi connectivity index (χ3n) is 8.91. The van der Waals surface area contributed by atoms with Gasteiger partial charge in [-0.2, -0.15) is 0 Å². The largest absolute Gasteiger partial charge is 0.484 e. The minimum Gasteiger partial charge on any atom is -0.484 e. The predicted molar refractivity (Wildman–Crippen MR) is 166 cm³/mol. The Morgan fingerprint density at radius 2 is 1.50 bits per heavy atom. The molecule has 6 nitrogen and oxygen atoms in total. The van der Waals surface area contributed by atoms with Crippen molar-refractivity contribution in [2.75, 3.05) is 18.5 Å². The lowest BCUT2D eigenvalue weighted by molar-refractivity contribution is -0.120. The highest BCUT2D eigenvalue weighted by Crippen LogP contribution is 2.54. The molecule has 42 heavy (non-hydrogen) atoms. The summed E-state index contributed by atoms with van der Waals surface area (Å²) >= 11 is 0. The third-order valence-corrected chi connectivity index (χ3v) is 8.91. The first-order valence-corrected chi connectivity index (χ1v) is 15.2. The maximum Gasteiger partial charge on any atom is 0.262 e. The molecule has 222 valence electrons. The Bertz CT molecular complexity index is 1460. The summed E-state index contributed by atoms with van der Waals surface area (Å²) < 4.78 is 5.97. The zero-order chi connectivity index (χ0) is 30.4. The van der Waals surface area contributed by atoms with Crippen LogP contribution in [0.2, 0.25) is 0 Å². The van der Waals surface area contributed by atoms with Gasteiger partial charge in [-0.1, -0.05) is 58.9 Å². The molecule has 3 aliphatic rings. The smallest absolute Gasteiger partial charge is 0.262 e. The number of rotatable bonds is 7. The Balaban J connectivity index is 1.51. The molecule has 0 spiro atoms. The van der Waals surface area contributed by atoms with E-state index in [2.05, 4.69) is 44.8 Å². The van der Waals surface area contributed by atoms with Crippen LogP contribution in [0.4, 0.5) is 5.69 Å². The van der Waals surface area contributed by atoms with Gasteiger partial charge in [-0.15, -0.1) is 0 Å². The average Bonchev–Trinajstić information content (AvgIpc) is 2.90. The number of amides is 1. The summed E-state index contributed by atoms with van der Waals surface area (Å²) in [5.74, 6) is 0.108. The molecule has 1 amide bonds. The van der Waals surface area contributed by atoms with Crippen molar-refractivity contribution in [1.82, 2.24) is 4.90 Å². The minimum atomic E-state index is -0.428. The maximum absolute atomic E-state index is 13.9. The molecule has 0 unspecified atom stereocenters. The Morgan fingerprint density at radius 1 is 0.905 bits per heavy atom. The monoisotopic (exact) mass is 568 g/mol. The average molecular weight is 569 g/mol. The Morgan fingerprint density at radius 3 is 2.10 bits per heavy atom. The van der Waals surface area contributed by atoms with Crippen molar-refractivity contribution < 1.29 is 19.1 Å². The second kappa shape index (κ2) is 11.2. The van der Waals surface area contributed by atoms with E-state index in [1.807, 2.05) is 56.3 Å². The van der Waals surface area contributed by atoms with Gasteiger partial charge in [0, 0.05) is 53.5 Å². The van der Waals surface area contributed by atoms with E-state index in [0.29, 0.717) is 18.6 Å². The van der Waals surface area contributed by atoms with E-state index in [0.717, 1.165) is 70.7 Å². The van der Waals surface area contributed by atoms with Gasteiger partial charge in [0.2, 0.25) is 0 Å². The van der Waals surface area contributed by atoms with Gasteiger partial charge in [0.25, 0.3) is 5.91 Å². The number of carbonyl (C=O) groups is 3. The second-order valence-corrected chi connectivity index (χ2v) is 13.8. The van der Waals surface area contributed by atoms with Gasteiger partial charge in [0.1, 0.15) is 5.75 Å². The first-order valence-electron chi connectivity index (χ1n) is 15.2. The summed E-state index contributed by atoms with van der Waals surface area (Å²) in [5.41, 5.74) is 7.15. The van der Waals surface area contributed by atoms with Crippen LogP contribution in [0.3, 0.4) is 0 Å². The second-order valence-electron chi connectivity index (χ2n) is 13.8. The normalized spacial score (nSPS) is 19.9. The first kappa shape index (κ1) is 29.8. The molecule has 0 atom stereocenters. The van der Waals surface area contributed by atoms with Crippen molar-refractivity contribution in [3.05, 3.63) is 81.7 Å². The van der Waals surface area contributed by atoms with Crippen LogP contribution < -0.4 is 10.1 Å². The number of Topliss-reactive ketones (excluding diaryl/α,β-unsaturated/α-hetero) is 2. The zero-order valence-corrected chi connectivity index (χ0v) is 26.1. The summed E-state index contributed by atoms with van der Waals surface area (Å²) in [5, 5.41) is 2.94. The summed E-state index contributed by atoms with van der Waals surface area (Å²) in [7, 11) is 0. The highest BCUT2D eigenvalue weighted by atomic mass is 16.5. The quantitative estimate of drug-likeness (QED) is 0.376. The van der Waals surface area contributed by atoms with E-state index in [1.165, 1.54) is 0 Å². The van der Waals surface area contributed by atoms with Crippen LogP contribution in [0.15, 0.2) is 65.0 Å². The minimum absolute atomic E-state index is 0.121. The van der Waals surface area contributed by atoms with Crippen LogP contribution in [-0.2, 0) is 14.4 Å². The van der Waals surface area contributed by atoms with Crippen molar-refractivity contribution in [2.45, 2.75) is 86.5 Å². The number of ketones is 2. The fraction of sp³-hybridized carbons (Fsp3) is 0.472. The number of hydrogen-bond donors (Lipinski definition) is 1. The topological polar surface area (TPSA) is 75.7 Å². The SMILES string of the molecule is CCCN1C2=C(C(=O)CC(C)(C)C2)C(c2cccc(OCC(=O)Nc3cccc(C)c3C)c2)C2=C1CC(C)(C)CC2=O. The molecule has 2 aromatic rings. The van der Waals surface area contributed by atoms with Crippen LogP contribution in [0.25, 0.3) is 0 Å². The lowest BCUT2D eigenvalue weighted by Crippen LogP contribution is -2.44. The van der Waals surface area contributed by atoms with E-state index in [1.54, 1.807) is 0 Å². The van der Waals surface area contributed by atoms with Gasteiger partial charge in [-0.3, -0.25) is 14.4 Å². The molecule has 2 aromatic carbocycles. The van der Waals surface area contributed by atoms with Gasteiger partial charge >= 0.3 is 0 Å². The molecule has 0 aromatic heterocycles. The summed E-state index contributed by atoms with van der Waals surface area (Å²) in [6.07, 6.45) is 3.43. The van der Waals surface area contributed by atoms with Crippen molar-refractivity contribution in [3.63, 3.8) is 0 Å². The highest BCUT2D eigenvalue weighted by Gasteiger charge is 2.48. The lowest BCUT2D eigenvalue weighted by atomic mass is 9.63. The number of allylic oxidation sites excluding steroid dienone is 4. The standard InChI is InChI=1S/C36H44N2O4/c1-8-15-38-27-17-35(4,5)19-29(39)33(27)32(34-28(38)18-36(6,7)20-30(34)40)24-12-10-13-25(16-24)42-21-31(41)37-26-14-9-11-22(2)23(26)3/h9-14,16,32H,8,15,17-21H2,1-7H3,(H,37,41). The lowest BCUT2D eigenvalue weighted by Gasteiger charge is -2.49. The number of nitrogens with one attached hydrogen (secondary N) is 1. The number of benzene rings is 2. The molecule has 1 heterocycles. The highest BCUT2D eigenvalue weighted by molar-refractivity contribution is 6.06. The van der Waals surface area contributed by atoms with Crippen molar-refractivity contribution in [3.8, 4) is 5.75 Å². The first-order chi connectivity index (χ1) is 19.8. The maximum atomic E-state index is 13.9. The molecule has 6 heteroatoms. The van der Waals surface area contributed by atoms with Gasteiger partial charge in [0.05, 0.1) is 0 Å². The van der Waals surface area contributed by atoms with E-state index < -0.39 is 5.92 Å². The number of hydrogen-bond acceptors (Lipinski definition) is 5. The van der Waals surface area contributed by atoms with Crippen molar-refractivity contribution >= 4 is 23.2 Å². The summed E-state index contributed by atoms with van der Waals surface area (Å²) in [6, 6.07) is 13.4. The molecule has 0 saturated heterocycles. The van der Waals surface area contributed by atoms with Gasteiger partial charge in [-0.05, 0) is 78.8 Å². The molecule has 1 aliphatic heterocycles. The molecule has 0 saturated carbocycles. The number of ether oxygens (including phenoxy) is 1. The Kier molecular flexibility index (Phi) is 7.95. The molecule has 2 aliphatic carbocycles. The molecule has 0 radical (unpaired) electrons. The summed E-state index contributed by atoms with van der Waals surface area (Å²) in [6.45, 7) is 15.4. The number of anilines is 1. The fourth-order valence-corrected chi connectivity index (χ4v) is 6.88. The van der Waals surface area contributed by atoms with E-state index in [-0.39, 0.29) is 34.9 Å². The van der Waals surface area contributed by atoms with Crippen LogP contribution in [0, 0.1) is 24.7 Å². The van der Waals surface area contributed by atoms with E-state index in [9.17, 15) is 14.4 Å². The fourth-order valence-electron chi connectivity index (χ4n) is 6.88. The number of aryl methyl sites for hydroxylation is 1. The zero-order valence-electron chi connectivity index (χ0n) is 26.1. The number of carbonyl (C=O) groups excluding carboxylic acids is 3. The van der Waals surface area contributed by atoms with E-state index in [4.69, 9.17) is 4.74 Å². The van der Waals surface area contributed by atoms with Crippen LogP contribution in [-0.4, -0.2) is 35.5 Å². The van der Waals surface area contributed by atoms with Crippen molar-refractivity contribution in [2.24, 2.45) is 10.8 Å². The third kappa shape index (κ3) is 5.81. The van der Waals surface area contributed by atoms with Gasteiger partial charge in [0.15, 0.2) is 18.2 Å². The molecule has 0 fully saturated rings. The Hall–Kier alpha value is -3.67. The van der Waals surface area contributed by atoms with Crippen LogP contribution >= 0.6 is 0 Å². The Labute approximate surface area is 250 Å². The van der Waals surface area contributed by atoms with Crippen LogP contribution in [0.5, 0.6) is 5.75 Å². The molecule has 1 N–H and O–H groups in total. The van der Waals surface area contributed by atoms with E-state index >= 15 is 0 Å². The molecule has 5 rings (SSSR count). The van der Waals surface area contributed by atoms with Crippen molar-refractivity contribution in [1.29, 1.82) is 0 Å². The van der Waals surface area contributed by atoms with Gasteiger partial charge in [-0.25, -0.2) is 0 Å². The molecular formula is C36H44N2O4.